The molecule has 0 spiro atoms. The molecular formula is C30H66IN4O12PdSi4-3. The molecule has 22 heteroatoms. The van der Waals surface area contributed by atoms with Crippen LogP contribution in [-0.2, 0) is 73.5 Å². The van der Waals surface area contributed by atoms with Gasteiger partial charge in [-0.3, -0.25) is 0 Å². The maximum Gasteiger partial charge on any atom is 0.500 e. The topological polar surface area (TPSA) is 124 Å². The number of rotatable bonds is 28. The van der Waals surface area contributed by atoms with Crippen LogP contribution in [0.5, 0.6) is 0 Å². The molecule has 0 saturated heterocycles. The minimum atomic E-state index is -2.48. The van der Waals surface area contributed by atoms with Crippen LogP contribution in [0.2, 0.25) is 24.2 Å². The average Bonchev–Trinajstić information content (AvgIpc) is 3.82. The van der Waals surface area contributed by atoms with Crippen LogP contribution in [0.3, 0.4) is 0 Å². The summed E-state index contributed by atoms with van der Waals surface area (Å²) in [4.78, 5) is 8.64. The fourth-order valence-electron chi connectivity index (χ4n) is 5.54. The van der Waals surface area contributed by atoms with Crippen molar-refractivity contribution in [3.05, 3.63) is 38.1 Å². The molecule has 0 unspecified atom stereocenters. The van der Waals surface area contributed by atoms with Gasteiger partial charge >= 0.3 is 35.2 Å². The van der Waals surface area contributed by atoms with Gasteiger partial charge in [0.15, 0.2) is 0 Å². The van der Waals surface area contributed by atoms with E-state index in [0.717, 1.165) is 76.0 Å². The molecule has 0 saturated carbocycles. The quantitative estimate of drug-likeness (QED) is 0.0613. The molecule has 0 N–H and O–H groups in total. The number of halogens is 1. The first-order valence-corrected chi connectivity index (χ1v) is 24.5. The third-order valence-corrected chi connectivity index (χ3v) is 20.1. The summed E-state index contributed by atoms with van der Waals surface area (Å²) in [6.45, 7) is 7.78. The number of hydrogen-bond acceptors (Lipinski definition) is 16. The predicted octanol–water partition coefficient (Wildman–Crippen LogP) is 0.463. The summed E-state index contributed by atoms with van der Waals surface area (Å²) in [6.07, 6.45) is 12.0. The molecular weight excluding hydrogens is 954 g/mol. The molecule has 0 aromatic carbocycles. The Balaban J connectivity index is 0. The van der Waals surface area contributed by atoms with Crippen LogP contribution in [0.1, 0.15) is 25.7 Å². The smallest absolute Gasteiger partial charge is 0.500 e. The van der Waals surface area contributed by atoms with Crippen molar-refractivity contribution in [2.24, 2.45) is 0 Å². The Bertz CT molecular complexity index is 774. The molecule has 0 aromatic rings. The third kappa shape index (κ3) is 18.2. The van der Waals surface area contributed by atoms with Gasteiger partial charge in [-0.1, -0.05) is 0 Å². The first-order valence-electron chi connectivity index (χ1n) is 16.8. The predicted molar refractivity (Wildman–Crippen MR) is 199 cm³/mol. The molecule has 16 nitrogen and oxygen atoms in total. The first-order chi connectivity index (χ1) is 24.0. The van der Waals surface area contributed by atoms with E-state index in [-0.39, 0.29) is 44.4 Å². The Morgan fingerprint density at radius 1 is 0.346 bits per heavy atom. The van der Waals surface area contributed by atoms with Gasteiger partial charge in [0, 0.05) is 130 Å². The molecule has 314 valence electrons. The molecule has 2 heterocycles. The first kappa shape index (κ1) is 54.6. The van der Waals surface area contributed by atoms with Crippen LogP contribution >= 0.6 is 0 Å². The van der Waals surface area contributed by atoms with E-state index in [4.69, 9.17) is 53.1 Å². The summed E-state index contributed by atoms with van der Waals surface area (Å²) in [5, 5.41) is 0. The van der Waals surface area contributed by atoms with Crippen molar-refractivity contribution < 1.29 is 97.5 Å². The van der Waals surface area contributed by atoms with E-state index in [1.807, 2.05) is 0 Å². The van der Waals surface area contributed by atoms with Crippen molar-refractivity contribution >= 4 is 35.2 Å². The minimum absolute atomic E-state index is 0. The average molecular weight is 1020 g/mol. The molecule has 2 rings (SSSR count). The second-order valence-corrected chi connectivity index (χ2v) is 23.7. The van der Waals surface area contributed by atoms with E-state index in [2.05, 4.69) is 57.7 Å². The van der Waals surface area contributed by atoms with Gasteiger partial charge in [-0.25, -0.2) is 0 Å². The molecule has 0 aliphatic carbocycles. The standard InChI is InChI=1S/2C15H33N2O6Si2.HI.Pd/c2*1-18-24(19-2,20-3)13-7-9-16-11-12-17(15-16)10-8-14-25(21-4,22-5)23-6;;/h2*11-12,15H,7-10,13-14H2,1-6H3;1H;/q2*-1;;/p-1. The molecule has 52 heavy (non-hydrogen) atoms. The van der Waals surface area contributed by atoms with Crippen LogP contribution in [0.15, 0.2) is 24.8 Å². The van der Waals surface area contributed by atoms with E-state index in [1.54, 1.807) is 85.3 Å². The summed E-state index contributed by atoms with van der Waals surface area (Å²) in [6, 6.07) is 3.16. The van der Waals surface area contributed by atoms with Gasteiger partial charge in [-0.15, -0.1) is 0 Å². The van der Waals surface area contributed by atoms with Gasteiger partial charge in [0.2, 0.25) is 0 Å². The summed E-state index contributed by atoms with van der Waals surface area (Å²) in [5.74, 6) is 0. The van der Waals surface area contributed by atoms with Crippen molar-refractivity contribution in [1.82, 2.24) is 19.6 Å². The molecule has 2 aliphatic rings. The molecule has 0 atom stereocenters. The minimum Gasteiger partial charge on any atom is -1.00 e. The van der Waals surface area contributed by atoms with Gasteiger partial charge in [-0.05, 0) is 76.7 Å². The summed E-state index contributed by atoms with van der Waals surface area (Å²) >= 11 is 0. The van der Waals surface area contributed by atoms with Crippen molar-refractivity contribution in [1.29, 1.82) is 0 Å². The van der Waals surface area contributed by atoms with Crippen LogP contribution in [0, 0.1) is 13.3 Å². The van der Waals surface area contributed by atoms with Crippen LogP contribution in [0.4, 0.5) is 0 Å². The number of nitrogens with zero attached hydrogens (tertiary/aromatic N) is 4. The van der Waals surface area contributed by atoms with Crippen LogP contribution in [0.25, 0.3) is 0 Å². The van der Waals surface area contributed by atoms with Crippen LogP contribution < -0.4 is 24.0 Å². The van der Waals surface area contributed by atoms with Gasteiger partial charge in [-0.2, -0.15) is 13.3 Å². The summed E-state index contributed by atoms with van der Waals surface area (Å²) in [5.41, 5.74) is 0. The molecule has 0 amide bonds. The fraction of sp³-hybridized carbons (Fsp3) is 0.800. The van der Waals surface area contributed by atoms with Crippen molar-refractivity contribution in [3.63, 3.8) is 0 Å². The van der Waals surface area contributed by atoms with Crippen LogP contribution in [-0.4, -0.2) is 166 Å². The zero-order valence-corrected chi connectivity index (χ0v) is 41.0. The Morgan fingerprint density at radius 3 is 0.635 bits per heavy atom. The maximum atomic E-state index is 5.44. The maximum absolute atomic E-state index is 5.44. The van der Waals surface area contributed by atoms with Crippen molar-refractivity contribution in [3.8, 4) is 0 Å². The summed E-state index contributed by atoms with van der Waals surface area (Å²) in [7, 11) is 9.84. The van der Waals surface area contributed by atoms with E-state index >= 15 is 0 Å². The van der Waals surface area contributed by atoms with E-state index < -0.39 is 35.2 Å². The SMILES string of the molecule is CO[Si](CCCN1C=CN(CCC[Si](OC)(OC)OC)[CH-]1)(OC)OC.CO[Si](CCCN1C=CN(CCC[Si](OC)(OC)OC)[CH-]1)(OC)OC.[I-].[Pd]. The fourth-order valence-corrected chi connectivity index (χ4v) is 12.4. The molecule has 2 aliphatic heterocycles. The molecule has 0 aromatic heterocycles. The Kier molecular flexibility index (Phi) is 31.1. The van der Waals surface area contributed by atoms with Gasteiger partial charge in [0.05, 0.1) is 0 Å². The van der Waals surface area contributed by atoms with Gasteiger partial charge in [0.25, 0.3) is 0 Å². The molecule has 0 fully saturated rings. The van der Waals surface area contributed by atoms with Gasteiger partial charge < -0.3 is 96.7 Å². The zero-order valence-electron chi connectivity index (χ0n) is 33.3. The Labute approximate surface area is 349 Å². The monoisotopic (exact) mass is 1020 g/mol. The molecule has 0 radical (unpaired) electrons. The van der Waals surface area contributed by atoms with E-state index in [9.17, 15) is 0 Å². The largest absolute Gasteiger partial charge is 1.00 e. The summed E-state index contributed by atoms with van der Waals surface area (Å²) < 4.78 is 65.3. The zero-order chi connectivity index (χ0) is 37.5. The Hall–Kier alpha value is 0.460. The second-order valence-electron chi connectivity index (χ2n) is 11.4. The van der Waals surface area contributed by atoms with E-state index in [0.29, 0.717) is 0 Å². The molecule has 0 bridgehead atoms. The van der Waals surface area contributed by atoms with Crippen molar-refractivity contribution in [2.75, 3.05) is 111 Å². The van der Waals surface area contributed by atoms with Crippen molar-refractivity contribution in [2.45, 2.75) is 49.9 Å². The number of hydrogen-bond donors (Lipinski definition) is 0. The normalized spacial score (nSPS) is 14.8. The second kappa shape index (κ2) is 29.7. The van der Waals surface area contributed by atoms with Gasteiger partial charge in [0.1, 0.15) is 0 Å². The van der Waals surface area contributed by atoms with E-state index in [1.165, 1.54) is 0 Å². The Morgan fingerprint density at radius 2 is 0.500 bits per heavy atom. The third-order valence-electron chi connectivity index (χ3n) is 8.82.